The Bertz CT molecular complexity index is 1220. The van der Waals surface area contributed by atoms with Crippen molar-refractivity contribution in [2.45, 2.75) is 18.9 Å². The average molecular weight is 467 g/mol. The number of pyridine rings is 1. The third-order valence-corrected chi connectivity index (χ3v) is 5.79. The van der Waals surface area contributed by atoms with Crippen LogP contribution in [0.1, 0.15) is 24.0 Å². The number of rotatable bonds is 6. The number of ether oxygens (including phenoxy) is 1. The molecular formula is C28H30N6O. The number of nitriles is 1. The first kappa shape index (κ1) is 24.0. The molecule has 2 atom stereocenters. The van der Waals surface area contributed by atoms with E-state index in [-0.39, 0.29) is 6.10 Å². The smallest absolute Gasteiger partial charge is 0.237 e. The first-order chi connectivity index (χ1) is 17.1. The zero-order valence-electron chi connectivity index (χ0n) is 20.1. The van der Waals surface area contributed by atoms with Crippen molar-refractivity contribution < 1.29 is 4.74 Å². The molecule has 0 saturated carbocycles. The van der Waals surface area contributed by atoms with Gasteiger partial charge >= 0.3 is 0 Å². The molecule has 2 N–H and O–H groups in total. The molecule has 35 heavy (non-hydrogen) atoms. The SMILES string of the molecule is CC(CNCC1CNc2cc(-c3cnn(C)c3)cnc2O1)c1ccc(C#N)cc1.c1ccccc1. The van der Waals surface area contributed by atoms with E-state index >= 15 is 0 Å². The van der Waals surface area contributed by atoms with Crippen molar-refractivity contribution >= 4 is 5.69 Å². The van der Waals surface area contributed by atoms with E-state index in [2.05, 4.69) is 39.8 Å². The fourth-order valence-electron chi connectivity index (χ4n) is 3.79. The Labute approximate surface area is 206 Å². The lowest BCUT2D eigenvalue weighted by Crippen LogP contribution is -2.40. The van der Waals surface area contributed by atoms with Crippen molar-refractivity contribution in [3.8, 4) is 23.1 Å². The second kappa shape index (κ2) is 11.8. The number of anilines is 1. The van der Waals surface area contributed by atoms with Crippen molar-refractivity contribution in [2.75, 3.05) is 25.0 Å². The lowest BCUT2D eigenvalue weighted by Gasteiger charge is -2.27. The van der Waals surface area contributed by atoms with Gasteiger partial charge in [-0.3, -0.25) is 4.68 Å². The molecule has 0 bridgehead atoms. The Balaban J connectivity index is 0.000000421. The van der Waals surface area contributed by atoms with Gasteiger partial charge in [0, 0.05) is 43.7 Å². The van der Waals surface area contributed by atoms with Crippen LogP contribution in [0.5, 0.6) is 5.88 Å². The molecule has 7 nitrogen and oxygen atoms in total. The molecule has 7 heteroatoms. The zero-order chi connectivity index (χ0) is 24.5. The molecule has 0 amide bonds. The maximum Gasteiger partial charge on any atom is 0.237 e. The van der Waals surface area contributed by atoms with Crippen molar-refractivity contribution in [2.24, 2.45) is 7.05 Å². The third-order valence-electron chi connectivity index (χ3n) is 5.79. The van der Waals surface area contributed by atoms with Gasteiger partial charge in [0.25, 0.3) is 0 Å². The largest absolute Gasteiger partial charge is 0.470 e. The monoisotopic (exact) mass is 466 g/mol. The summed E-state index contributed by atoms with van der Waals surface area (Å²) in [6.07, 6.45) is 5.64. The van der Waals surface area contributed by atoms with Gasteiger partial charge in [-0.1, -0.05) is 55.5 Å². The molecule has 2 aromatic carbocycles. The number of aryl methyl sites for hydroxylation is 1. The minimum absolute atomic E-state index is 0.0207. The lowest BCUT2D eigenvalue weighted by atomic mass is 10.00. The molecule has 0 radical (unpaired) electrons. The van der Waals surface area contributed by atoms with Crippen LogP contribution >= 0.6 is 0 Å². The van der Waals surface area contributed by atoms with Gasteiger partial charge in [0.15, 0.2) is 0 Å². The normalized spacial score (nSPS) is 14.8. The van der Waals surface area contributed by atoms with Gasteiger partial charge in [0.2, 0.25) is 5.88 Å². The van der Waals surface area contributed by atoms with Crippen molar-refractivity contribution in [1.82, 2.24) is 20.1 Å². The number of fused-ring (bicyclic) bond motifs is 1. The summed E-state index contributed by atoms with van der Waals surface area (Å²) in [5.41, 5.74) is 4.86. The molecule has 3 heterocycles. The summed E-state index contributed by atoms with van der Waals surface area (Å²) in [5, 5.41) is 20.0. The topological polar surface area (TPSA) is 87.8 Å². The summed E-state index contributed by atoms with van der Waals surface area (Å²) < 4.78 is 7.83. The molecule has 0 spiro atoms. The van der Waals surface area contributed by atoms with E-state index < -0.39 is 0 Å². The molecule has 2 unspecified atom stereocenters. The molecule has 0 aliphatic carbocycles. The van der Waals surface area contributed by atoms with Gasteiger partial charge in [-0.2, -0.15) is 10.4 Å². The highest BCUT2D eigenvalue weighted by atomic mass is 16.5. The minimum Gasteiger partial charge on any atom is -0.470 e. The van der Waals surface area contributed by atoms with Crippen LogP contribution in [0.3, 0.4) is 0 Å². The van der Waals surface area contributed by atoms with Crippen LogP contribution in [0.25, 0.3) is 11.1 Å². The Morgan fingerprint density at radius 2 is 1.83 bits per heavy atom. The van der Waals surface area contributed by atoms with Crippen LogP contribution in [0.2, 0.25) is 0 Å². The fraction of sp³-hybridized carbons (Fsp3) is 0.250. The molecule has 1 aliphatic heterocycles. The molecule has 178 valence electrons. The quantitative estimate of drug-likeness (QED) is 0.432. The number of nitrogens with zero attached hydrogens (tertiary/aromatic N) is 4. The van der Waals surface area contributed by atoms with E-state index in [1.807, 2.05) is 86.3 Å². The molecule has 4 aromatic rings. The van der Waals surface area contributed by atoms with Gasteiger partial charge in [-0.05, 0) is 29.7 Å². The average Bonchev–Trinajstić information content (AvgIpc) is 3.36. The second-order valence-corrected chi connectivity index (χ2v) is 8.55. The highest BCUT2D eigenvalue weighted by Gasteiger charge is 2.21. The number of hydrogen-bond donors (Lipinski definition) is 2. The molecule has 5 rings (SSSR count). The number of hydrogen-bond acceptors (Lipinski definition) is 6. The van der Waals surface area contributed by atoms with Crippen molar-refractivity contribution in [1.29, 1.82) is 5.26 Å². The van der Waals surface area contributed by atoms with Crippen molar-refractivity contribution in [3.63, 3.8) is 0 Å². The van der Waals surface area contributed by atoms with Crippen LogP contribution < -0.4 is 15.4 Å². The van der Waals surface area contributed by atoms with E-state index in [0.29, 0.717) is 17.4 Å². The van der Waals surface area contributed by atoms with E-state index in [1.165, 1.54) is 5.56 Å². The standard InChI is InChI=1S/C22H24N6O.C6H6/c1-15(17-5-3-16(8-23)4-6-17)9-24-12-20-13-25-21-7-18(10-26-22(21)29-20)19-11-27-28(2)14-19;1-2-4-6-5-3-1/h3-7,10-11,14-15,20,24-25H,9,12-13H2,1-2H3;1-6H. The van der Waals surface area contributed by atoms with Gasteiger partial charge in [-0.15, -0.1) is 0 Å². The first-order valence-electron chi connectivity index (χ1n) is 11.7. The van der Waals surface area contributed by atoms with E-state index in [9.17, 15) is 0 Å². The first-order valence-corrected chi connectivity index (χ1v) is 11.7. The zero-order valence-corrected chi connectivity index (χ0v) is 20.1. The summed E-state index contributed by atoms with van der Waals surface area (Å²) in [5.74, 6) is 0.988. The van der Waals surface area contributed by atoms with Gasteiger partial charge in [0.1, 0.15) is 6.10 Å². The highest BCUT2D eigenvalue weighted by molar-refractivity contribution is 5.69. The second-order valence-electron chi connectivity index (χ2n) is 8.55. The van der Waals surface area contributed by atoms with Crippen LogP contribution in [0.4, 0.5) is 5.69 Å². The lowest BCUT2D eigenvalue weighted by molar-refractivity contribution is 0.193. The highest BCUT2D eigenvalue weighted by Crippen LogP contribution is 2.31. The van der Waals surface area contributed by atoms with Crippen LogP contribution in [-0.4, -0.2) is 40.5 Å². The summed E-state index contributed by atoms with van der Waals surface area (Å²) >= 11 is 0. The minimum atomic E-state index is 0.0207. The third kappa shape index (κ3) is 6.69. The van der Waals surface area contributed by atoms with E-state index in [1.54, 1.807) is 4.68 Å². The number of nitrogens with one attached hydrogen (secondary N) is 2. The van der Waals surface area contributed by atoms with Gasteiger partial charge < -0.3 is 15.4 Å². The number of benzene rings is 2. The summed E-state index contributed by atoms with van der Waals surface area (Å²) in [6, 6.07) is 24.0. The Morgan fingerprint density at radius 1 is 1.11 bits per heavy atom. The molecule has 0 fully saturated rings. The van der Waals surface area contributed by atoms with Crippen LogP contribution in [0.15, 0.2) is 85.3 Å². The maximum atomic E-state index is 8.91. The van der Waals surface area contributed by atoms with E-state index in [4.69, 9.17) is 10.00 Å². The maximum absolute atomic E-state index is 8.91. The molecule has 0 saturated heterocycles. The predicted molar refractivity (Wildman–Crippen MR) is 138 cm³/mol. The molecular weight excluding hydrogens is 436 g/mol. The molecule has 2 aromatic heterocycles. The van der Waals surface area contributed by atoms with Crippen LogP contribution in [0, 0.1) is 11.3 Å². The fourth-order valence-corrected chi connectivity index (χ4v) is 3.79. The predicted octanol–water partition coefficient (Wildman–Crippen LogP) is 4.61. The van der Waals surface area contributed by atoms with E-state index in [0.717, 1.165) is 36.4 Å². The Kier molecular flexibility index (Phi) is 8.10. The summed E-state index contributed by atoms with van der Waals surface area (Å²) in [7, 11) is 1.90. The van der Waals surface area contributed by atoms with Crippen LogP contribution in [-0.2, 0) is 7.05 Å². The van der Waals surface area contributed by atoms with Gasteiger partial charge in [0.05, 0.1) is 30.1 Å². The summed E-state index contributed by atoms with van der Waals surface area (Å²) in [6.45, 7) is 4.47. The Morgan fingerprint density at radius 3 is 2.46 bits per heavy atom. The van der Waals surface area contributed by atoms with Gasteiger partial charge in [-0.25, -0.2) is 4.98 Å². The summed E-state index contributed by atoms with van der Waals surface area (Å²) in [4.78, 5) is 4.49. The number of aromatic nitrogens is 3. The van der Waals surface area contributed by atoms with Crippen molar-refractivity contribution in [3.05, 3.63) is 96.4 Å². The Hall–Kier alpha value is -4.15. The molecule has 1 aliphatic rings.